The highest BCUT2D eigenvalue weighted by atomic mass is 16.5. The van der Waals surface area contributed by atoms with E-state index in [4.69, 9.17) is 4.52 Å². The molecule has 4 nitrogen and oxygen atoms in total. The van der Waals surface area contributed by atoms with Gasteiger partial charge in [0.2, 0.25) is 5.89 Å². The summed E-state index contributed by atoms with van der Waals surface area (Å²) in [5.74, 6) is 3.32. The maximum absolute atomic E-state index is 9.45. The molecule has 1 aromatic rings. The van der Waals surface area contributed by atoms with E-state index < -0.39 is 0 Å². The fourth-order valence-corrected chi connectivity index (χ4v) is 2.57. The van der Waals surface area contributed by atoms with Gasteiger partial charge in [-0.15, -0.1) is 0 Å². The van der Waals surface area contributed by atoms with Crippen LogP contribution in [0.5, 0.6) is 0 Å². The van der Waals surface area contributed by atoms with Crippen molar-refractivity contribution in [2.24, 2.45) is 5.92 Å². The van der Waals surface area contributed by atoms with E-state index in [1.807, 2.05) is 0 Å². The zero-order valence-electron chi connectivity index (χ0n) is 9.59. The lowest BCUT2D eigenvalue weighted by atomic mass is 9.87. The first-order chi connectivity index (χ1) is 7.74. The molecule has 2 aliphatic carbocycles. The third-order valence-corrected chi connectivity index (χ3v) is 3.94. The average molecular weight is 222 g/mol. The van der Waals surface area contributed by atoms with Crippen molar-refractivity contribution in [1.29, 1.82) is 0 Å². The third-order valence-electron chi connectivity index (χ3n) is 3.94. The second-order valence-electron chi connectivity index (χ2n) is 5.32. The highest BCUT2D eigenvalue weighted by Crippen LogP contribution is 2.46. The van der Waals surface area contributed by atoms with Crippen molar-refractivity contribution in [1.82, 2.24) is 10.1 Å². The molecule has 88 valence electrons. The Labute approximate surface area is 95.0 Å². The minimum absolute atomic E-state index is 0.123. The van der Waals surface area contributed by atoms with Gasteiger partial charge in [-0.2, -0.15) is 4.98 Å². The van der Waals surface area contributed by atoms with Gasteiger partial charge in [-0.3, -0.25) is 0 Å². The second-order valence-corrected chi connectivity index (χ2v) is 5.32. The highest BCUT2D eigenvalue weighted by molar-refractivity contribution is 5.09. The van der Waals surface area contributed by atoms with Crippen LogP contribution in [0.4, 0.5) is 0 Å². The Morgan fingerprint density at radius 1 is 1.25 bits per heavy atom. The van der Waals surface area contributed by atoms with Gasteiger partial charge < -0.3 is 9.63 Å². The molecule has 1 N–H and O–H groups in total. The molecular weight excluding hydrogens is 204 g/mol. The highest BCUT2D eigenvalue weighted by Gasteiger charge is 2.38. The van der Waals surface area contributed by atoms with Crippen molar-refractivity contribution in [2.75, 3.05) is 0 Å². The number of aromatic nitrogens is 2. The molecule has 2 fully saturated rings. The van der Waals surface area contributed by atoms with Gasteiger partial charge in [0.1, 0.15) is 0 Å². The van der Waals surface area contributed by atoms with Crippen LogP contribution in [0.2, 0.25) is 0 Å². The maximum Gasteiger partial charge on any atom is 0.229 e. The van der Waals surface area contributed by atoms with Gasteiger partial charge in [0.15, 0.2) is 5.82 Å². The van der Waals surface area contributed by atoms with Crippen molar-refractivity contribution in [3.63, 3.8) is 0 Å². The van der Waals surface area contributed by atoms with Crippen LogP contribution < -0.4 is 0 Å². The van der Waals surface area contributed by atoms with Gasteiger partial charge in [0.25, 0.3) is 0 Å². The van der Waals surface area contributed by atoms with E-state index in [1.165, 1.54) is 6.42 Å². The Morgan fingerprint density at radius 3 is 2.56 bits per heavy atom. The van der Waals surface area contributed by atoms with Crippen molar-refractivity contribution < 1.29 is 9.63 Å². The standard InChI is InChI=1S/C12H18N2O2/c1-7-6-10(7)11-13-12(16-14-11)8-2-4-9(15)5-3-8/h7-10,15H,2-6H2,1H3. The van der Waals surface area contributed by atoms with E-state index in [0.717, 1.165) is 43.3 Å². The van der Waals surface area contributed by atoms with E-state index in [2.05, 4.69) is 17.1 Å². The predicted molar refractivity (Wildman–Crippen MR) is 58.0 cm³/mol. The summed E-state index contributed by atoms with van der Waals surface area (Å²) < 4.78 is 5.35. The summed E-state index contributed by atoms with van der Waals surface area (Å²) in [6, 6.07) is 0. The zero-order valence-corrected chi connectivity index (χ0v) is 9.59. The minimum Gasteiger partial charge on any atom is -0.393 e. The lowest BCUT2D eigenvalue weighted by molar-refractivity contribution is 0.116. The van der Waals surface area contributed by atoms with Crippen LogP contribution in [0.1, 0.15) is 62.6 Å². The molecule has 0 saturated heterocycles. The Hall–Kier alpha value is -0.900. The Balaban J connectivity index is 1.68. The lowest BCUT2D eigenvalue weighted by Crippen LogP contribution is -2.17. The summed E-state index contributed by atoms with van der Waals surface area (Å²) >= 11 is 0. The topological polar surface area (TPSA) is 59.2 Å². The molecule has 1 heterocycles. The number of hydrogen-bond donors (Lipinski definition) is 1. The van der Waals surface area contributed by atoms with Crippen LogP contribution in [0.3, 0.4) is 0 Å². The van der Waals surface area contributed by atoms with E-state index in [0.29, 0.717) is 11.8 Å². The van der Waals surface area contributed by atoms with Crippen LogP contribution in [0.15, 0.2) is 4.52 Å². The second kappa shape index (κ2) is 3.84. The Morgan fingerprint density at radius 2 is 1.94 bits per heavy atom. The third kappa shape index (κ3) is 1.86. The van der Waals surface area contributed by atoms with E-state index in [9.17, 15) is 5.11 Å². The van der Waals surface area contributed by atoms with Crippen molar-refractivity contribution in [3.8, 4) is 0 Å². The van der Waals surface area contributed by atoms with Crippen LogP contribution in [-0.2, 0) is 0 Å². The van der Waals surface area contributed by atoms with E-state index in [-0.39, 0.29) is 6.10 Å². The normalized spacial score (nSPS) is 38.6. The first kappa shape index (κ1) is 10.3. The summed E-state index contributed by atoms with van der Waals surface area (Å²) in [5, 5.41) is 13.5. The molecule has 0 aliphatic heterocycles. The molecule has 2 aliphatic rings. The van der Waals surface area contributed by atoms with Crippen LogP contribution in [-0.4, -0.2) is 21.4 Å². The number of rotatable bonds is 2. The first-order valence-electron chi connectivity index (χ1n) is 6.25. The van der Waals surface area contributed by atoms with Crippen molar-refractivity contribution in [3.05, 3.63) is 11.7 Å². The van der Waals surface area contributed by atoms with Gasteiger partial charge in [-0.05, 0) is 38.0 Å². The molecule has 0 bridgehead atoms. The Bertz CT molecular complexity index is 369. The number of aliphatic hydroxyl groups is 1. The van der Waals surface area contributed by atoms with Gasteiger partial charge in [-0.25, -0.2) is 0 Å². The molecule has 1 aromatic heterocycles. The smallest absolute Gasteiger partial charge is 0.229 e. The molecular formula is C12H18N2O2. The fraction of sp³-hybridized carbons (Fsp3) is 0.833. The van der Waals surface area contributed by atoms with Gasteiger partial charge in [-0.1, -0.05) is 12.1 Å². The van der Waals surface area contributed by atoms with E-state index in [1.54, 1.807) is 0 Å². The monoisotopic (exact) mass is 222 g/mol. The van der Waals surface area contributed by atoms with Crippen molar-refractivity contribution in [2.45, 2.75) is 57.0 Å². The number of hydrogen-bond acceptors (Lipinski definition) is 4. The predicted octanol–water partition coefficient (Wildman–Crippen LogP) is 2.21. The lowest BCUT2D eigenvalue weighted by Gasteiger charge is -2.22. The molecule has 16 heavy (non-hydrogen) atoms. The molecule has 2 unspecified atom stereocenters. The molecule has 0 radical (unpaired) electrons. The average Bonchev–Trinajstić information content (AvgIpc) is 2.82. The molecule has 3 rings (SSSR count). The largest absolute Gasteiger partial charge is 0.393 e. The summed E-state index contributed by atoms with van der Waals surface area (Å²) in [6.45, 7) is 2.22. The Kier molecular flexibility index (Phi) is 2.46. The molecule has 0 spiro atoms. The summed E-state index contributed by atoms with van der Waals surface area (Å²) in [4.78, 5) is 4.51. The minimum atomic E-state index is -0.123. The van der Waals surface area contributed by atoms with Gasteiger partial charge in [0, 0.05) is 11.8 Å². The van der Waals surface area contributed by atoms with Crippen molar-refractivity contribution >= 4 is 0 Å². The molecule has 0 aromatic carbocycles. The molecule has 0 amide bonds. The van der Waals surface area contributed by atoms with E-state index >= 15 is 0 Å². The fourth-order valence-electron chi connectivity index (χ4n) is 2.57. The molecule has 4 heteroatoms. The summed E-state index contributed by atoms with van der Waals surface area (Å²) in [5.41, 5.74) is 0. The SMILES string of the molecule is CC1CC1c1noc(C2CCC(O)CC2)n1. The van der Waals surface area contributed by atoms with Crippen LogP contribution in [0, 0.1) is 5.92 Å². The maximum atomic E-state index is 9.45. The zero-order chi connectivity index (χ0) is 11.1. The number of nitrogens with zero attached hydrogens (tertiary/aromatic N) is 2. The van der Waals surface area contributed by atoms with Crippen LogP contribution in [0.25, 0.3) is 0 Å². The first-order valence-corrected chi connectivity index (χ1v) is 6.25. The van der Waals surface area contributed by atoms with Crippen LogP contribution >= 0.6 is 0 Å². The quantitative estimate of drug-likeness (QED) is 0.833. The molecule has 2 saturated carbocycles. The van der Waals surface area contributed by atoms with Gasteiger partial charge >= 0.3 is 0 Å². The number of aliphatic hydroxyl groups excluding tert-OH is 1. The van der Waals surface area contributed by atoms with Gasteiger partial charge in [0.05, 0.1) is 6.10 Å². The molecule has 2 atom stereocenters. The summed E-state index contributed by atoms with van der Waals surface area (Å²) in [6.07, 6.45) is 4.75. The summed E-state index contributed by atoms with van der Waals surface area (Å²) in [7, 11) is 0.